The van der Waals surface area contributed by atoms with Gasteiger partial charge in [0.15, 0.2) is 0 Å². The third kappa shape index (κ3) is 6.15. The Kier molecular flexibility index (Phi) is 7.97. The summed E-state index contributed by atoms with van der Waals surface area (Å²) < 4.78 is 33.3. The summed E-state index contributed by atoms with van der Waals surface area (Å²) in [6.07, 6.45) is 3.80. The van der Waals surface area contributed by atoms with Crippen LogP contribution in [0, 0.1) is 6.92 Å². The van der Waals surface area contributed by atoms with Crippen LogP contribution >= 0.6 is 0 Å². The van der Waals surface area contributed by atoms with Gasteiger partial charge in [0.2, 0.25) is 15.9 Å². The SMILES string of the molecule is COc1ccc(S(=O)(=O)N(CCc2ccccc2)CC(=O)NCc2cccnc2)cc1C. The molecule has 0 aliphatic heterocycles. The molecule has 0 saturated carbocycles. The summed E-state index contributed by atoms with van der Waals surface area (Å²) in [7, 11) is -2.36. The molecule has 32 heavy (non-hydrogen) atoms. The molecule has 0 spiro atoms. The van der Waals surface area contributed by atoms with Gasteiger partial charge in [-0.1, -0.05) is 36.4 Å². The van der Waals surface area contributed by atoms with Crippen LogP contribution in [-0.4, -0.2) is 43.8 Å². The van der Waals surface area contributed by atoms with Crippen molar-refractivity contribution >= 4 is 15.9 Å². The normalized spacial score (nSPS) is 11.3. The zero-order chi connectivity index (χ0) is 23.0. The minimum absolute atomic E-state index is 0.129. The number of amides is 1. The Morgan fingerprint density at radius 3 is 2.47 bits per heavy atom. The van der Waals surface area contributed by atoms with Crippen molar-refractivity contribution in [3.63, 3.8) is 0 Å². The number of hydrogen-bond acceptors (Lipinski definition) is 5. The van der Waals surface area contributed by atoms with E-state index < -0.39 is 10.0 Å². The summed E-state index contributed by atoms with van der Waals surface area (Å²) in [6.45, 7) is 1.96. The number of rotatable bonds is 10. The molecule has 1 N–H and O–H groups in total. The van der Waals surface area contributed by atoms with E-state index >= 15 is 0 Å². The van der Waals surface area contributed by atoms with Crippen LogP contribution < -0.4 is 10.1 Å². The average molecular weight is 454 g/mol. The molecule has 2 aromatic carbocycles. The van der Waals surface area contributed by atoms with E-state index in [4.69, 9.17) is 4.74 Å². The van der Waals surface area contributed by atoms with Gasteiger partial charge in [-0.05, 0) is 54.3 Å². The number of nitrogens with zero attached hydrogens (tertiary/aromatic N) is 2. The Hall–Kier alpha value is -3.23. The van der Waals surface area contributed by atoms with Crippen molar-refractivity contribution in [1.29, 1.82) is 0 Å². The number of aromatic nitrogens is 1. The first kappa shape index (κ1) is 23.4. The highest BCUT2D eigenvalue weighted by Crippen LogP contribution is 2.24. The van der Waals surface area contributed by atoms with Crippen LogP contribution in [0.3, 0.4) is 0 Å². The van der Waals surface area contributed by atoms with E-state index in [0.717, 1.165) is 11.1 Å². The number of sulfonamides is 1. The monoisotopic (exact) mass is 453 g/mol. The minimum Gasteiger partial charge on any atom is -0.496 e. The highest BCUT2D eigenvalue weighted by Gasteiger charge is 2.27. The Bertz CT molecular complexity index is 1140. The second kappa shape index (κ2) is 10.9. The van der Waals surface area contributed by atoms with Gasteiger partial charge < -0.3 is 10.1 Å². The van der Waals surface area contributed by atoms with Gasteiger partial charge in [0.25, 0.3) is 0 Å². The van der Waals surface area contributed by atoms with Crippen LogP contribution in [0.2, 0.25) is 0 Å². The number of pyridine rings is 1. The topological polar surface area (TPSA) is 88.6 Å². The fourth-order valence-corrected chi connectivity index (χ4v) is 4.75. The van der Waals surface area contributed by atoms with Crippen LogP contribution in [-0.2, 0) is 27.8 Å². The number of benzene rings is 2. The molecule has 1 heterocycles. The third-order valence-corrected chi connectivity index (χ3v) is 6.87. The first-order valence-corrected chi connectivity index (χ1v) is 11.7. The van der Waals surface area contributed by atoms with Crippen LogP contribution in [0.15, 0.2) is 78.0 Å². The molecule has 0 bridgehead atoms. The quantitative estimate of drug-likeness (QED) is 0.510. The average Bonchev–Trinajstić information content (AvgIpc) is 2.81. The van der Waals surface area contributed by atoms with Crippen molar-refractivity contribution in [3.8, 4) is 5.75 Å². The van der Waals surface area contributed by atoms with Crippen LogP contribution in [0.1, 0.15) is 16.7 Å². The zero-order valence-corrected chi connectivity index (χ0v) is 19.0. The van der Waals surface area contributed by atoms with E-state index in [1.807, 2.05) is 36.4 Å². The summed E-state index contributed by atoms with van der Waals surface area (Å²) in [5, 5.41) is 2.78. The fraction of sp³-hybridized carbons (Fsp3) is 0.250. The second-order valence-corrected chi connectivity index (χ2v) is 9.28. The van der Waals surface area contributed by atoms with E-state index in [0.29, 0.717) is 17.7 Å². The molecule has 0 fully saturated rings. The maximum absolute atomic E-state index is 13.4. The van der Waals surface area contributed by atoms with Crippen LogP contribution in [0.25, 0.3) is 0 Å². The predicted molar refractivity (Wildman–Crippen MR) is 123 cm³/mol. The first-order chi connectivity index (χ1) is 15.4. The highest BCUT2D eigenvalue weighted by molar-refractivity contribution is 7.89. The molecule has 1 aromatic heterocycles. The van der Waals surface area contributed by atoms with Crippen LogP contribution in [0.5, 0.6) is 5.75 Å². The molecule has 168 valence electrons. The maximum atomic E-state index is 13.4. The van der Waals surface area contributed by atoms with Crippen LogP contribution in [0.4, 0.5) is 0 Å². The van der Waals surface area contributed by atoms with Crippen molar-refractivity contribution < 1.29 is 17.9 Å². The largest absolute Gasteiger partial charge is 0.496 e. The lowest BCUT2D eigenvalue weighted by atomic mass is 10.1. The van der Waals surface area contributed by atoms with Gasteiger partial charge in [-0.15, -0.1) is 0 Å². The molecular weight excluding hydrogens is 426 g/mol. The predicted octanol–water partition coefficient (Wildman–Crippen LogP) is 2.95. The summed E-state index contributed by atoms with van der Waals surface area (Å²) in [5.74, 6) is 0.227. The summed E-state index contributed by atoms with van der Waals surface area (Å²) in [5.41, 5.74) is 2.54. The lowest BCUT2D eigenvalue weighted by molar-refractivity contribution is -0.121. The lowest BCUT2D eigenvalue weighted by Gasteiger charge is -2.22. The van der Waals surface area contributed by atoms with Crippen molar-refractivity contribution in [3.05, 3.63) is 89.7 Å². The zero-order valence-electron chi connectivity index (χ0n) is 18.2. The molecular formula is C24H27N3O4S. The Morgan fingerprint density at radius 1 is 1.06 bits per heavy atom. The van der Waals surface area contributed by atoms with E-state index in [2.05, 4.69) is 10.3 Å². The van der Waals surface area contributed by atoms with Gasteiger partial charge in [0.1, 0.15) is 5.75 Å². The molecule has 3 aromatic rings. The Morgan fingerprint density at radius 2 is 1.81 bits per heavy atom. The van der Waals surface area contributed by atoms with Gasteiger partial charge in [-0.3, -0.25) is 9.78 Å². The molecule has 7 nitrogen and oxygen atoms in total. The van der Waals surface area contributed by atoms with E-state index in [1.165, 1.54) is 17.5 Å². The Labute approximate surface area is 189 Å². The van der Waals surface area contributed by atoms with Gasteiger partial charge in [0, 0.05) is 25.5 Å². The summed E-state index contributed by atoms with van der Waals surface area (Å²) in [6, 6.07) is 17.9. The third-order valence-electron chi connectivity index (χ3n) is 5.03. The standard InChI is InChI=1S/C24H27N3O4S/c1-19-15-22(10-11-23(19)31-2)32(29,30)27(14-12-20-7-4-3-5-8-20)18-24(28)26-17-21-9-6-13-25-16-21/h3-11,13,15-16H,12,14,17-18H2,1-2H3,(H,26,28). The van der Waals surface area contributed by atoms with Crippen molar-refractivity contribution in [2.75, 3.05) is 20.2 Å². The summed E-state index contributed by atoms with van der Waals surface area (Å²) >= 11 is 0. The van der Waals surface area contributed by atoms with Gasteiger partial charge >= 0.3 is 0 Å². The smallest absolute Gasteiger partial charge is 0.243 e. The molecule has 0 radical (unpaired) electrons. The summed E-state index contributed by atoms with van der Waals surface area (Å²) in [4.78, 5) is 16.8. The van der Waals surface area contributed by atoms with E-state index in [-0.39, 0.29) is 30.4 Å². The van der Waals surface area contributed by atoms with Gasteiger partial charge in [0.05, 0.1) is 18.6 Å². The first-order valence-electron chi connectivity index (χ1n) is 10.2. The number of methoxy groups -OCH3 is 1. The molecule has 3 rings (SSSR count). The minimum atomic E-state index is -3.89. The molecule has 0 atom stereocenters. The Balaban J connectivity index is 1.78. The van der Waals surface area contributed by atoms with Crippen molar-refractivity contribution in [1.82, 2.24) is 14.6 Å². The lowest BCUT2D eigenvalue weighted by Crippen LogP contribution is -2.41. The number of carbonyl (C=O) groups excluding carboxylic acids is 1. The molecule has 0 aliphatic carbocycles. The number of aryl methyl sites for hydroxylation is 1. The van der Waals surface area contributed by atoms with Crippen molar-refractivity contribution in [2.45, 2.75) is 24.8 Å². The van der Waals surface area contributed by atoms with Gasteiger partial charge in [-0.2, -0.15) is 4.31 Å². The molecule has 0 aliphatic rings. The maximum Gasteiger partial charge on any atom is 0.243 e. The molecule has 0 saturated heterocycles. The number of ether oxygens (including phenoxy) is 1. The molecule has 0 unspecified atom stereocenters. The highest BCUT2D eigenvalue weighted by atomic mass is 32.2. The van der Waals surface area contributed by atoms with E-state index in [1.54, 1.807) is 37.5 Å². The fourth-order valence-electron chi connectivity index (χ4n) is 3.26. The number of nitrogens with one attached hydrogen (secondary N) is 1. The molecule has 8 heteroatoms. The number of hydrogen-bond donors (Lipinski definition) is 1. The van der Waals surface area contributed by atoms with Gasteiger partial charge in [-0.25, -0.2) is 8.42 Å². The number of carbonyl (C=O) groups is 1. The van der Waals surface area contributed by atoms with E-state index in [9.17, 15) is 13.2 Å². The molecule has 1 amide bonds. The van der Waals surface area contributed by atoms with Crippen molar-refractivity contribution in [2.24, 2.45) is 0 Å². The second-order valence-electron chi connectivity index (χ2n) is 7.34.